The summed E-state index contributed by atoms with van der Waals surface area (Å²) in [5.41, 5.74) is 0. The third kappa shape index (κ3) is 29.6. The molecule has 4 heteroatoms. The van der Waals surface area contributed by atoms with Gasteiger partial charge in [0.1, 0.15) is 5.84 Å². The first-order valence-electron chi connectivity index (χ1n) is 20.8. The lowest BCUT2D eigenvalue weighted by molar-refractivity contribution is 0.295. The Kier molecular flexibility index (Phi) is 36.3. The Balaban J connectivity index is 0.0000194. The highest BCUT2D eigenvalue weighted by molar-refractivity contribution is 5.85. The first kappa shape index (κ1) is 44.7. The first-order chi connectivity index (χ1) is 21.8. The van der Waals surface area contributed by atoms with Gasteiger partial charge in [0.25, 0.3) is 0 Å². The maximum atomic E-state index is 4.88. The molecule has 1 N–H and O–H groups in total. The lowest BCUT2D eigenvalue weighted by Crippen LogP contribution is -2.45. The van der Waals surface area contributed by atoms with E-state index in [4.69, 9.17) is 4.99 Å². The number of aliphatic imine (C=N–C) groups is 1. The van der Waals surface area contributed by atoms with E-state index < -0.39 is 0 Å². The average molecular weight is 655 g/mol. The van der Waals surface area contributed by atoms with Crippen LogP contribution in [0.4, 0.5) is 0 Å². The number of unbranched alkanes of at least 4 members (excludes halogenated alkanes) is 30. The van der Waals surface area contributed by atoms with Gasteiger partial charge in [-0.1, -0.05) is 206 Å². The molecule has 0 aromatic heterocycles. The molecule has 0 radical (unpaired) electrons. The minimum absolute atomic E-state index is 0. The summed E-state index contributed by atoms with van der Waals surface area (Å²) < 4.78 is 0. The van der Waals surface area contributed by atoms with E-state index in [9.17, 15) is 0 Å². The van der Waals surface area contributed by atoms with Gasteiger partial charge in [-0.3, -0.25) is 10.3 Å². The van der Waals surface area contributed by atoms with Crippen molar-refractivity contribution >= 4 is 18.2 Å². The van der Waals surface area contributed by atoms with Crippen LogP contribution < -0.4 is 5.32 Å². The zero-order chi connectivity index (χ0) is 31.6. The zero-order valence-electron chi connectivity index (χ0n) is 31.3. The molecule has 0 saturated carbocycles. The second-order valence-electron chi connectivity index (χ2n) is 14.5. The SMILES string of the molecule is CCCCCCCCCCCCCCCCCCNC(C)N1CCN=C1CCCCCCCCCCCCCCCCCC.Cl. The van der Waals surface area contributed by atoms with Crippen LogP contribution in [-0.4, -0.2) is 36.5 Å². The smallest absolute Gasteiger partial charge is 0.100 e. The van der Waals surface area contributed by atoms with E-state index in [0.717, 1.165) is 19.6 Å². The number of hydrogen-bond acceptors (Lipinski definition) is 3. The number of nitrogens with one attached hydrogen (secondary N) is 1. The van der Waals surface area contributed by atoms with E-state index in [-0.39, 0.29) is 12.4 Å². The highest BCUT2D eigenvalue weighted by Gasteiger charge is 2.21. The quantitative estimate of drug-likeness (QED) is 0.0681. The van der Waals surface area contributed by atoms with Crippen molar-refractivity contribution in [3.8, 4) is 0 Å². The van der Waals surface area contributed by atoms with Crippen LogP contribution in [0.2, 0.25) is 0 Å². The Morgan fingerprint density at radius 2 is 0.800 bits per heavy atom. The van der Waals surface area contributed by atoms with E-state index in [1.807, 2.05) is 0 Å². The fourth-order valence-corrected chi connectivity index (χ4v) is 7.07. The summed E-state index contributed by atoms with van der Waals surface area (Å²) in [6.45, 7) is 10.2. The van der Waals surface area contributed by atoms with E-state index in [1.54, 1.807) is 0 Å². The normalized spacial score (nSPS) is 13.8. The van der Waals surface area contributed by atoms with Gasteiger partial charge in [0.05, 0.1) is 12.7 Å². The van der Waals surface area contributed by atoms with Crippen LogP contribution in [0.3, 0.4) is 0 Å². The molecule has 3 nitrogen and oxygen atoms in total. The van der Waals surface area contributed by atoms with Gasteiger partial charge in [-0.15, -0.1) is 12.4 Å². The van der Waals surface area contributed by atoms with E-state index in [0.29, 0.717) is 6.17 Å². The van der Waals surface area contributed by atoms with E-state index in [2.05, 4.69) is 31.0 Å². The fraction of sp³-hybridized carbons (Fsp3) is 0.976. The third-order valence-corrected chi connectivity index (χ3v) is 10.2. The molecule has 0 fully saturated rings. The second-order valence-corrected chi connectivity index (χ2v) is 14.5. The molecule has 1 aliphatic rings. The third-order valence-electron chi connectivity index (χ3n) is 10.2. The maximum absolute atomic E-state index is 4.88. The summed E-state index contributed by atoms with van der Waals surface area (Å²) in [5.74, 6) is 1.38. The van der Waals surface area contributed by atoms with E-state index in [1.165, 1.54) is 218 Å². The molecule has 0 aromatic carbocycles. The lowest BCUT2D eigenvalue weighted by atomic mass is 10.0. The van der Waals surface area contributed by atoms with Gasteiger partial charge in [-0.05, 0) is 26.3 Å². The average Bonchev–Trinajstić information content (AvgIpc) is 3.51. The summed E-state index contributed by atoms with van der Waals surface area (Å²) >= 11 is 0. The lowest BCUT2D eigenvalue weighted by Gasteiger charge is -2.28. The standard InChI is InChI=1S/C41H83N3.ClH/c1-4-6-8-10-12-14-16-18-20-22-24-26-28-30-32-34-36-41-43-38-39-44(41)40(3)42-37-35-33-31-29-27-25-23-21-19-17-15-13-11-9-7-5-2;/h40,42H,4-39H2,1-3H3;1H. The molecule has 0 aliphatic carbocycles. The van der Waals surface area contributed by atoms with Crippen LogP contribution in [0.1, 0.15) is 233 Å². The number of halogens is 1. The van der Waals surface area contributed by atoms with Crippen LogP contribution in [0, 0.1) is 0 Å². The Hall–Kier alpha value is -0.280. The van der Waals surface area contributed by atoms with Crippen molar-refractivity contribution in [3.05, 3.63) is 0 Å². The minimum atomic E-state index is 0. The van der Waals surface area contributed by atoms with Crippen LogP contribution in [0.5, 0.6) is 0 Å². The molecule has 1 heterocycles. The van der Waals surface area contributed by atoms with Crippen molar-refractivity contribution in [3.63, 3.8) is 0 Å². The van der Waals surface area contributed by atoms with Crippen molar-refractivity contribution < 1.29 is 0 Å². The van der Waals surface area contributed by atoms with Crippen molar-refractivity contribution in [2.75, 3.05) is 19.6 Å². The van der Waals surface area contributed by atoms with Gasteiger partial charge in [0.15, 0.2) is 0 Å². The van der Waals surface area contributed by atoms with Crippen LogP contribution in [0.25, 0.3) is 0 Å². The molecule has 1 aliphatic heterocycles. The van der Waals surface area contributed by atoms with Crippen molar-refractivity contribution in [2.45, 2.75) is 239 Å². The largest absolute Gasteiger partial charge is 0.343 e. The predicted octanol–water partition coefficient (Wildman–Crippen LogP) is 14.0. The Labute approximate surface area is 291 Å². The van der Waals surface area contributed by atoms with Crippen molar-refractivity contribution in [1.82, 2.24) is 10.2 Å². The molecule has 1 unspecified atom stereocenters. The van der Waals surface area contributed by atoms with Gasteiger partial charge in [-0.2, -0.15) is 0 Å². The monoisotopic (exact) mass is 654 g/mol. The molecule has 1 atom stereocenters. The number of rotatable bonds is 36. The molecule has 0 aromatic rings. The van der Waals surface area contributed by atoms with E-state index >= 15 is 0 Å². The minimum Gasteiger partial charge on any atom is -0.343 e. The summed E-state index contributed by atoms with van der Waals surface area (Å²) in [6.07, 6.45) is 47.7. The zero-order valence-corrected chi connectivity index (χ0v) is 32.2. The summed E-state index contributed by atoms with van der Waals surface area (Å²) in [5, 5.41) is 3.81. The fourth-order valence-electron chi connectivity index (χ4n) is 7.07. The predicted molar refractivity (Wildman–Crippen MR) is 207 cm³/mol. The molecule has 270 valence electrons. The van der Waals surface area contributed by atoms with Gasteiger partial charge >= 0.3 is 0 Å². The Morgan fingerprint density at radius 3 is 1.16 bits per heavy atom. The van der Waals surface area contributed by atoms with Crippen molar-refractivity contribution in [1.29, 1.82) is 0 Å². The first-order valence-corrected chi connectivity index (χ1v) is 20.8. The maximum Gasteiger partial charge on any atom is 0.100 e. The highest BCUT2D eigenvalue weighted by Crippen LogP contribution is 2.17. The highest BCUT2D eigenvalue weighted by atomic mass is 35.5. The molecular formula is C41H84ClN3. The molecule has 45 heavy (non-hydrogen) atoms. The summed E-state index contributed by atoms with van der Waals surface area (Å²) in [4.78, 5) is 7.43. The van der Waals surface area contributed by atoms with Crippen LogP contribution in [0.15, 0.2) is 4.99 Å². The van der Waals surface area contributed by atoms with Crippen molar-refractivity contribution in [2.24, 2.45) is 4.99 Å². The summed E-state index contributed by atoms with van der Waals surface area (Å²) in [7, 11) is 0. The number of amidine groups is 1. The van der Waals surface area contributed by atoms with Crippen LogP contribution in [-0.2, 0) is 0 Å². The Morgan fingerprint density at radius 1 is 0.489 bits per heavy atom. The van der Waals surface area contributed by atoms with Crippen LogP contribution >= 0.6 is 12.4 Å². The topological polar surface area (TPSA) is 27.6 Å². The number of nitrogens with zero attached hydrogens (tertiary/aromatic N) is 2. The molecular weight excluding hydrogens is 570 g/mol. The van der Waals surface area contributed by atoms with Gasteiger partial charge in [0.2, 0.25) is 0 Å². The van der Waals surface area contributed by atoms with Gasteiger partial charge in [-0.25, -0.2) is 0 Å². The molecule has 0 bridgehead atoms. The van der Waals surface area contributed by atoms with Gasteiger partial charge < -0.3 is 4.90 Å². The number of hydrogen-bond donors (Lipinski definition) is 1. The molecule has 1 rings (SSSR count). The molecule has 0 saturated heterocycles. The Bertz CT molecular complexity index is 595. The van der Waals surface area contributed by atoms with Gasteiger partial charge in [0, 0.05) is 13.0 Å². The summed E-state index contributed by atoms with van der Waals surface area (Å²) in [6, 6.07) is 0. The second kappa shape index (κ2) is 36.6. The molecule has 0 amide bonds. The molecule has 0 spiro atoms.